The summed E-state index contributed by atoms with van der Waals surface area (Å²) in [5, 5.41) is 9.97. The molecule has 5 rings (SSSR count). The molecule has 1 amide bonds. The maximum absolute atomic E-state index is 12.8. The number of hydrogen-bond acceptors (Lipinski definition) is 6. The number of pyridine rings is 1. The molecule has 0 spiro atoms. The lowest BCUT2D eigenvalue weighted by atomic mass is 10.0. The number of nitrogens with zero attached hydrogens (tertiary/aromatic N) is 4. The molecule has 4 heterocycles. The van der Waals surface area contributed by atoms with Crippen LogP contribution in [0.3, 0.4) is 0 Å². The average Bonchev–Trinajstić information content (AvgIpc) is 3.26. The van der Waals surface area contributed by atoms with Crippen LogP contribution in [0.25, 0.3) is 11.3 Å². The molecule has 1 aromatic carbocycles. The van der Waals surface area contributed by atoms with Crippen molar-refractivity contribution in [2.24, 2.45) is 0 Å². The summed E-state index contributed by atoms with van der Waals surface area (Å²) in [7, 11) is 0. The van der Waals surface area contributed by atoms with Gasteiger partial charge in [0, 0.05) is 61.7 Å². The fourth-order valence-electron chi connectivity index (χ4n) is 4.44. The van der Waals surface area contributed by atoms with Crippen molar-refractivity contribution < 1.29 is 22.7 Å². The van der Waals surface area contributed by atoms with Gasteiger partial charge in [-0.25, -0.2) is 9.78 Å². The monoisotopic (exact) mass is 472 g/mol. The number of carbonyl (C=O) groups is 1. The summed E-state index contributed by atoms with van der Waals surface area (Å²) in [6, 6.07) is 8.25. The molecule has 0 unspecified atom stereocenters. The van der Waals surface area contributed by atoms with Crippen LogP contribution in [0.2, 0.25) is 0 Å². The van der Waals surface area contributed by atoms with Gasteiger partial charge in [0.2, 0.25) is 0 Å². The van der Waals surface area contributed by atoms with Gasteiger partial charge in [0.25, 0.3) is 0 Å². The Bertz CT molecular complexity index is 1190. The van der Waals surface area contributed by atoms with E-state index < -0.39 is 17.8 Å². The highest BCUT2D eigenvalue weighted by Gasteiger charge is 2.32. The van der Waals surface area contributed by atoms with E-state index in [1.807, 2.05) is 30.2 Å². The van der Waals surface area contributed by atoms with E-state index in [0.717, 1.165) is 47.7 Å². The number of nitrogens with one attached hydrogen (secondary N) is 2. The molecule has 11 heteroatoms. The van der Waals surface area contributed by atoms with Crippen LogP contribution in [0.5, 0.6) is 5.75 Å². The summed E-state index contributed by atoms with van der Waals surface area (Å²) in [5.74, 6) is 1.10. The molecule has 2 aliphatic rings. The molecule has 2 aromatic heterocycles. The van der Waals surface area contributed by atoms with Gasteiger partial charge in [0.05, 0.1) is 17.5 Å². The molecule has 3 aromatic rings. The number of halogens is 3. The van der Waals surface area contributed by atoms with Crippen LogP contribution < -0.4 is 15.0 Å². The van der Waals surface area contributed by atoms with Crippen LogP contribution in [0.1, 0.15) is 23.6 Å². The second-order valence-electron chi connectivity index (χ2n) is 8.52. The first kappa shape index (κ1) is 22.2. The van der Waals surface area contributed by atoms with Crippen molar-refractivity contribution in [3.8, 4) is 17.0 Å². The van der Waals surface area contributed by atoms with Gasteiger partial charge in [-0.2, -0.15) is 18.3 Å². The molecule has 2 aliphatic heterocycles. The molecule has 0 radical (unpaired) electrons. The summed E-state index contributed by atoms with van der Waals surface area (Å²) in [5.41, 5.74) is 3.04. The predicted molar refractivity (Wildman–Crippen MR) is 118 cm³/mol. The zero-order valence-electron chi connectivity index (χ0n) is 18.4. The highest BCUT2D eigenvalue weighted by molar-refractivity contribution is 5.74. The molecule has 1 atom stereocenters. The third-order valence-corrected chi connectivity index (χ3v) is 6.17. The van der Waals surface area contributed by atoms with Crippen LogP contribution in [0, 0.1) is 0 Å². The molecule has 178 valence electrons. The minimum atomic E-state index is -4.39. The summed E-state index contributed by atoms with van der Waals surface area (Å²) in [4.78, 5) is 19.8. The van der Waals surface area contributed by atoms with Crippen molar-refractivity contribution in [2.45, 2.75) is 32.2 Å². The lowest BCUT2D eigenvalue weighted by Crippen LogP contribution is -2.51. The molecule has 1 saturated heterocycles. The van der Waals surface area contributed by atoms with Gasteiger partial charge in [0.15, 0.2) is 0 Å². The topological polar surface area (TPSA) is 86.4 Å². The van der Waals surface area contributed by atoms with Crippen LogP contribution in [0.4, 0.5) is 23.8 Å². The van der Waals surface area contributed by atoms with Gasteiger partial charge in [-0.1, -0.05) is 0 Å². The van der Waals surface area contributed by atoms with Crippen molar-refractivity contribution in [3.63, 3.8) is 0 Å². The number of aromatic nitrogens is 3. The fraction of sp³-hybridized carbons (Fsp3) is 0.348. The Balaban J connectivity index is 1.26. The Kier molecular flexibility index (Phi) is 5.64. The lowest BCUT2D eigenvalue weighted by Gasteiger charge is -2.40. The van der Waals surface area contributed by atoms with Crippen molar-refractivity contribution in [3.05, 3.63) is 59.4 Å². The number of alkyl halides is 3. The minimum Gasteiger partial charge on any atom is -0.410 e. The number of aromatic amines is 1. The molecule has 34 heavy (non-hydrogen) atoms. The lowest BCUT2D eigenvalue weighted by molar-refractivity contribution is -0.137. The van der Waals surface area contributed by atoms with E-state index in [4.69, 9.17) is 4.74 Å². The standard InChI is InChI=1S/C23H23F3N6O2/c1-14-12-31(6-7-32(14)20-5-3-18(11-27-20)23(24,25)26)13-17-10-29-30-21(17)15-2-4-19-16(8-15)9-28-22(33)34-19/h2-5,8,10-11,14H,6-7,9,12-13H2,1H3,(H,28,33)(H,29,30)/t14-/m1/s1. The van der Waals surface area contributed by atoms with Crippen LogP contribution in [-0.4, -0.2) is 51.9 Å². The molecular weight excluding hydrogens is 449 g/mol. The van der Waals surface area contributed by atoms with E-state index >= 15 is 0 Å². The highest BCUT2D eigenvalue weighted by atomic mass is 19.4. The summed E-state index contributed by atoms with van der Waals surface area (Å²) >= 11 is 0. The van der Waals surface area contributed by atoms with E-state index in [-0.39, 0.29) is 6.04 Å². The predicted octanol–water partition coefficient (Wildman–Crippen LogP) is 3.80. The van der Waals surface area contributed by atoms with E-state index in [1.54, 1.807) is 6.07 Å². The Hall–Kier alpha value is -3.60. The number of H-pyrrole nitrogens is 1. The first-order valence-electron chi connectivity index (χ1n) is 10.9. The van der Waals surface area contributed by atoms with Gasteiger partial charge in [-0.3, -0.25) is 10.00 Å². The third kappa shape index (κ3) is 4.43. The third-order valence-electron chi connectivity index (χ3n) is 6.17. The van der Waals surface area contributed by atoms with Crippen LogP contribution in [-0.2, 0) is 19.3 Å². The number of piperazine rings is 1. The number of anilines is 1. The molecule has 0 aliphatic carbocycles. The van der Waals surface area contributed by atoms with E-state index in [1.165, 1.54) is 6.07 Å². The van der Waals surface area contributed by atoms with Crippen molar-refractivity contribution in [1.82, 2.24) is 25.4 Å². The number of hydrogen-bond donors (Lipinski definition) is 2. The number of fused-ring (bicyclic) bond motifs is 1. The van der Waals surface area contributed by atoms with Gasteiger partial charge in [0.1, 0.15) is 11.6 Å². The van der Waals surface area contributed by atoms with Gasteiger partial charge < -0.3 is 15.0 Å². The molecule has 0 saturated carbocycles. The van der Waals surface area contributed by atoms with Gasteiger partial charge in [-0.05, 0) is 37.3 Å². The summed E-state index contributed by atoms with van der Waals surface area (Å²) in [6.07, 6.45) is -2.15. The zero-order chi connectivity index (χ0) is 23.9. The Morgan fingerprint density at radius 3 is 2.76 bits per heavy atom. The molecule has 8 nitrogen and oxygen atoms in total. The Morgan fingerprint density at radius 1 is 1.18 bits per heavy atom. The fourth-order valence-corrected chi connectivity index (χ4v) is 4.44. The zero-order valence-corrected chi connectivity index (χ0v) is 18.4. The Labute approximate surface area is 193 Å². The number of carbonyl (C=O) groups excluding carboxylic acids is 1. The van der Waals surface area contributed by atoms with E-state index in [0.29, 0.717) is 31.2 Å². The Morgan fingerprint density at radius 2 is 2.03 bits per heavy atom. The molecule has 0 bridgehead atoms. The van der Waals surface area contributed by atoms with E-state index in [2.05, 4.69) is 25.4 Å². The average molecular weight is 472 g/mol. The number of benzene rings is 1. The first-order valence-corrected chi connectivity index (χ1v) is 10.9. The maximum Gasteiger partial charge on any atom is 0.417 e. The van der Waals surface area contributed by atoms with E-state index in [9.17, 15) is 18.0 Å². The highest BCUT2D eigenvalue weighted by Crippen LogP contribution is 2.31. The second kappa shape index (κ2) is 8.64. The minimum absolute atomic E-state index is 0.0813. The normalized spacial score (nSPS) is 18.9. The quantitative estimate of drug-likeness (QED) is 0.601. The number of ether oxygens (including phenoxy) is 1. The van der Waals surface area contributed by atoms with Crippen molar-refractivity contribution >= 4 is 11.9 Å². The summed E-state index contributed by atoms with van der Waals surface area (Å²) in [6.45, 7) is 5.25. The van der Waals surface area contributed by atoms with Crippen molar-refractivity contribution in [1.29, 1.82) is 0 Å². The molecular formula is C23H23F3N6O2. The SMILES string of the molecule is C[C@@H]1CN(Cc2cn[nH]c2-c2ccc3c(c2)CNC(=O)O3)CCN1c1ccc(C(F)(F)F)cn1. The number of rotatable bonds is 4. The largest absolute Gasteiger partial charge is 0.417 e. The molecule has 2 N–H and O–H groups in total. The van der Waals surface area contributed by atoms with Crippen molar-refractivity contribution in [2.75, 3.05) is 24.5 Å². The first-order chi connectivity index (χ1) is 16.3. The summed E-state index contributed by atoms with van der Waals surface area (Å²) < 4.78 is 43.7. The van der Waals surface area contributed by atoms with Gasteiger partial charge in [-0.15, -0.1) is 0 Å². The number of amides is 1. The smallest absolute Gasteiger partial charge is 0.410 e. The van der Waals surface area contributed by atoms with Gasteiger partial charge >= 0.3 is 12.3 Å². The van der Waals surface area contributed by atoms with Crippen LogP contribution in [0.15, 0.2) is 42.7 Å². The maximum atomic E-state index is 12.8. The molecule has 1 fully saturated rings. The second-order valence-corrected chi connectivity index (χ2v) is 8.52. The van der Waals surface area contributed by atoms with Crippen LogP contribution >= 0.6 is 0 Å².